The molecule has 0 aliphatic carbocycles. The van der Waals surface area contributed by atoms with Crippen LogP contribution in [-0.2, 0) is 7.05 Å². The molecular weight excluding hydrogens is 257 g/mol. The Bertz CT molecular complexity index is 752. The van der Waals surface area contributed by atoms with Crippen molar-refractivity contribution in [1.82, 2.24) is 20.4 Å². The van der Waals surface area contributed by atoms with Crippen molar-refractivity contribution in [3.8, 4) is 0 Å². The summed E-state index contributed by atoms with van der Waals surface area (Å²) in [5.74, 6) is 5.43. The summed E-state index contributed by atoms with van der Waals surface area (Å²) in [6, 6.07) is 10.2. The van der Waals surface area contributed by atoms with Crippen molar-refractivity contribution in [2.75, 3.05) is 0 Å². The molecule has 1 aromatic heterocycles. The van der Waals surface area contributed by atoms with Crippen molar-refractivity contribution in [2.24, 2.45) is 12.9 Å². The zero-order chi connectivity index (χ0) is 14.1. The molecule has 20 heavy (non-hydrogen) atoms. The molecule has 0 radical (unpaired) electrons. The number of hydrazine groups is 1. The minimum Gasteiger partial charge on any atom is -0.271 e. The van der Waals surface area contributed by atoms with Gasteiger partial charge in [-0.25, -0.2) is 9.82 Å². The molecule has 1 heterocycles. The number of nitrogens with zero attached hydrogens (tertiary/aromatic N) is 3. The first-order valence-electron chi connectivity index (χ1n) is 6.20. The van der Waals surface area contributed by atoms with E-state index in [4.69, 9.17) is 5.84 Å². The van der Waals surface area contributed by atoms with E-state index in [0.29, 0.717) is 5.39 Å². The van der Waals surface area contributed by atoms with Crippen LogP contribution >= 0.6 is 0 Å². The van der Waals surface area contributed by atoms with E-state index in [1.54, 1.807) is 30.1 Å². The standard InChI is InChI=1S/C14H14FN5/c1-20-13(8-17-19-20)14(18-16)11-6-7-12(15)10-5-3-2-4-9(10)11/h2-8,14,18H,16H2,1H3. The van der Waals surface area contributed by atoms with Crippen LogP contribution in [0.3, 0.4) is 0 Å². The molecule has 102 valence electrons. The van der Waals surface area contributed by atoms with Gasteiger partial charge in [-0.2, -0.15) is 0 Å². The first-order chi connectivity index (χ1) is 9.72. The van der Waals surface area contributed by atoms with Gasteiger partial charge in [0, 0.05) is 12.4 Å². The second-order valence-electron chi connectivity index (χ2n) is 4.56. The molecule has 3 aromatic rings. The first kappa shape index (κ1) is 12.7. The number of hydrogen-bond donors (Lipinski definition) is 2. The molecule has 1 atom stereocenters. The Balaban J connectivity index is 2.23. The molecule has 0 aliphatic rings. The van der Waals surface area contributed by atoms with Crippen molar-refractivity contribution in [1.29, 1.82) is 0 Å². The summed E-state index contributed by atoms with van der Waals surface area (Å²) in [4.78, 5) is 0. The number of aryl methyl sites for hydroxylation is 1. The Kier molecular flexibility index (Phi) is 3.17. The van der Waals surface area contributed by atoms with E-state index in [1.807, 2.05) is 18.2 Å². The van der Waals surface area contributed by atoms with Gasteiger partial charge in [0.2, 0.25) is 0 Å². The fourth-order valence-electron chi connectivity index (χ4n) is 2.43. The van der Waals surface area contributed by atoms with E-state index in [0.717, 1.165) is 16.6 Å². The maximum absolute atomic E-state index is 13.9. The van der Waals surface area contributed by atoms with E-state index in [2.05, 4.69) is 15.7 Å². The maximum atomic E-state index is 13.9. The number of hydrogen-bond acceptors (Lipinski definition) is 4. The average Bonchev–Trinajstić information content (AvgIpc) is 2.89. The van der Waals surface area contributed by atoms with Gasteiger partial charge in [0.25, 0.3) is 0 Å². The smallest absolute Gasteiger partial charge is 0.131 e. The first-order valence-corrected chi connectivity index (χ1v) is 6.20. The predicted molar refractivity (Wildman–Crippen MR) is 74.1 cm³/mol. The van der Waals surface area contributed by atoms with Crippen LogP contribution in [0.4, 0.5) is 4.39 Å². The molecule has 0 saturated carbocycles. The van der Waals surface area contributed by atoms with E-state index >= 15 is 0 Å². The Morgan fingerprint density at radius 3 is 2.60 bits per heavy atom. The van der Waals surface area contributed by atoms with Crippen molar-refractivity contribution in [3.63, 3.8) is 0 Å². The van der Waals surface area contributed by atoms with Crippen LogP contribution in [-0.4, -0.2) is 15.0 Å². The van der Waals surface area contributed by atoms with Gasteiger partial charge in [-0.15, -0.1) is 5.10 Å². The highest BCUT2D eigenvalue weighted by Gasteiger charge is 2.19. The molecule has 0 amide bonds. The highest BCUT2D eigenvalue weighted by atomic mass is 19.1. The number of nitrogens with two attached hydrogens (primary N) is 1. The summed E-state index contributed by atoms with van der Waals surface area (Å²) in [6.07, 6.45) is 1.64. The van der Waals surface area contributed by atoms with Gasteiger partial charge in [-0.05, 0) is 17.0 Å². The number of rotatable bonds is 3. The number of fused-ring (bicyclic) bond motifs is 1. The Labute approximate surface area is 115 Å². The number of nitrogens with one attached hydrogen (secondary N) is 1. The summed E-state index contributed by atoms with van der Waals surface area (Å²) in [7, 11) is 1.79. The lowest BCUT2D eigenvalue weighted by atomic mass is 9.97. The van der Waals surface area contributed by atoms with E-state index in [1.165, 1.54) is 6.07 Å². The monoisotopic (exact) mass is 271 g/mol. The van der Waals surface area contributed by atoms with Crippen LogP contribution in [0.15, 0.2) is 42.6 Å². The zero-order valence-corrected chi connectivity index (χ0v) is 10.9. The normalized spacial score (nSPS) is 12.8. The van der Waals surface area contributed by atoms with Crippen molar-refractivity contribution in [3.05, 3.63) is 59.7 Å². The minimum absolute atomic E-state index is 0.247. The molecule has 0 aliphatic heterocycles. The fourth-order valence-corrected chi connectivity index (χ4v) is 2.43. The Hall–Kier alpha value is -2.31. The van der Waals surface area contributed by atoms with Gasteiger partial charge in [0.05, 0.1) is 17.9 Å². The number of halogens is 1. The van der Waals surface area contributed by atoms with E-state index in [-0.39, 0.29) is 11.9 Å². The van der Waals surface area contributed by atoms with Gasteiger partial charge in [0.15, 0.2) is 0 Å². The summed E-state index contributed by atoms with van der Waals surface area (Å²) >= 11 is 0. The SMILES string of the molecule is Cn1nncc1C(NN)c1ccc(F)c2ccccc12. The topological polar surface area (TPSA) is 68.8 Å². The van der Waals surface area contributed by atoms with Gasteiger partial charge < -0.3 is 0 Å². The van der Waals surface area contributed by atoms with Gasteiger partial charge in [0.1, 0.15) is 5.82 Å². The third-order valence-corrected chi connectivity index (χ3v) is 3.43. The van der Waals surface area contributed by atoms with Crippen LogP contribution in [0, 0.1) is 5.82 Å². The average molecular weight is 271 g/mol. The zero-order valence-electron chi connectivity index (χ0n) is 10.9. The summed E-state index contributed by atoms with van der Waals surface area (Å²) in [6.45, 7) is 0. The van der Waals surface area contributed by atoms with Crippen molar-refractivity contribution >= 4 is 10.8 Å². The van der Waals surface area contributed by atoms with Crippen molar-refractivity contribution in [2.45, 2.75) is 6.04 Å². The van der Waals surface area contributed by atoms with Gasteiger partial charge in [-0.1, -0.05) is 35.5 Å². The summed E-state index contributed by atoms with van der Waals surface area (Å²) in [5, 5.41) is 9.15. The molecule has 3 rings (SSSR count). The number of aromatic nitrogens is 3. The quantitative estimate of drug-likeness (QED) is 0.561. The lowest BCUT2D eigenvalue weighted by molar-refractivity contribution is 0.571. The van der Waals surface area contributed by atoms with Crippen LogP contribution < -0.4 is 11.3 Å². The molecular formula is C14H14FN5. The lowest BCUT2D eigenvalue weighted by Gasteiger charge is -2.18. The van der Waals surface area contributed by atoms with Crippen LogP contribution in [0.5, 0.6) is 0 Å². The molecule has 1 unspecified atom stereocenters. The maximum Gasteiger partial charge on any atom is 0.131 e. The molecule has 0 saturated heterocycles. The second-order valence-corrected chi connectivity index (χ2v) is 4.56. The molecule has 6 heteroatoms. The van der Waals surface area contributed by atoms with Crippen LogP contribution in [0.1, 0.15) is 17.3 Å². The summed E-state index contributed by atoms with van der Waals surface area (Å²) < 4.78 is 15.5. The second kappa shape index (κ2) is 4.99. The minimum atomic E-state index is -0.305. The van der Waals surface area contributed by atoms with Crippen LogP contribution in [0.25, 0.3) is 10.8 Å². The highest BCUT2D eigenvalue weighted by Crippen LogP contribution is 2.29. The summed E-state index contributed by atoms with van der Waals surface area (Å²) in [5.41, 5.74) is 4.44. The van der Waals surface area contributed by atoms with E-state index in [9.17, 15) is 4.39 Å². The molecule has 0 spiro atoms. The molecule has 0 fully saturated rings. The molecule has 3 N–H and O–H groups in total. The highest BCUT2D eigenvalue weighted by molar-refractivity contribution is 5.87. The lowest BCUT2D eigenvalue weighted by Crippen LogP contribution is -2.30. The predicted octanol–water partition coefficient (Wildman–Crippen LogP) is 1.66. The third-order valence-electron chi connectivity index (χ3n) is 3.43. The largest absolute Gasteiger partial charge is 0.271 e. The van der Waals surface area contributed by atoms with Gasteiger partial charge >= 0.3 is 0 Å². The molecule has 2 aromatic carbocycles. The number of benzene rings is 2. The fraction of sp³-hybridized carbons (Fsp3) is 0.143. The molecule has 5 nitrogen and oxygen atoms in total. The third kappa shape index (κ3) is 1.95. The van der Waals surface area contributed by atoms with Gasteiger partial charge in [-0.3, -0.25) is 10.5 Å². The van der Waals surface area contributed by atoms with E-state index < -0.39 is 0 Å². The Morgan fingerprint density at radius 2 is 1.95 bits per heavy atom. The Morgan fingerprint density at radius 1 is 1.20 bits per heavy atom. The molecule has 0 bridgehead atoms. The van der Waals surface area contributed by atoms with Crippen LogP contribution in [0.2, 0.25) is 0 Å². The van der Waals surface area contributed by atoms with Crippen molar-refractivity contribution < 1.29 is 4.39 Å².